The van der Waals surface area contributed by atoms with E-state index in [2.05, 4.69) is 27.9 Å². The highest BCUT2D eigenvalue weighted by Gasteiger charge is 2.02. The van der Waals surface area contributed by atoms with E-state index in [-0.39, 0.29) is 0 Å². The molecule has 3 heteroatoms. The summed E-state index contributed by atoms with van der Waals surface area (Å²) in [7, 11) is 0. The van der Waals surface area contributed by atoms with E-state index in [9.17, 15) is 0 Å². The Morgan fingerprint density at radius 1 is 0.619 bits per heavy atom. The van der Waals surface area contributed by atoms with Crippen LogP contribution in [0.1, 0.15) is 0 Å². The fraction of sp³-hybridized carbons (Fsp3) is 0. The van der Waals surface area contributed by atoms with Gasteiger partial charge in [0.15, 0.2) is 0 Å². The number of rotatable bonds is 4. The SMILES string of the molecule is c1ccc(NN=Nc2ccccc2-c2ccccc2)cc1. The molecule has 3 rings (SSSR count). The number of hydrogen-bond acceptors (Lipinski definition) is 2. The molecule has 21 heavy (non-hydrogen) atoms. The Hall–Kier alpha value is -2.94. The summed E-state index contributed by atoms with van der Waals surface area (Å²) in [6.07, 6.45) is 0. The highest BCUT2D eigenvalue weighted by molar-refractivity contribution is 5.75. The first-order valence-electron chi connectivity index (χ1n) is 6.80. The highest BCUT2D eigenvalue weighted by atomic mass is 15.4. The van der Waals surface area contributed by atoms with Gasteiger partial charge in [-0.25, -0.2) is 0 Å². The van der Waals surface area contributed by atoms with Gasteiger partial charge in [-0.2, -0.15) is 0 Å². The molecule has 0 atom stereocenters. The van der Waals surface area contributed by atoms with E-state index in [0.717, 1.165) is 22.5 Å². The van der Waals surface area contributed by atoms with Gasteiger partial charge >= 0.3 is 0 Å². The van der Waals surface area contributed by atoms with Crippen molar-refractivity contribution in [2.75, 3.05) is 5.43 Å². The van der Waals surface area contributed by atoms with Crippen molar-refractivity contribution in [3.63, 3.8) is 0 Å². The molecule has 0 heterocycles. The highest BCUT2D eigenvalue weighted by Crippen LogP contribution is 2.29. The lowest BCUT2D eigenvalue weighted by molar-refractivity contribution is 1.13. The summed E-state index contributed by atoms with van der Waals surface area (Å²) in [5.41, 5.74) is 6.88. The molecule has 0 bridgehead atoms. The quantitative estimate of drug-likeness (QED) is 0.497. The van der Waals surface area contributed by atoms with Crippen molar-refractivity contribution >= 4 is 11.4 Å². The second kappa shape index (κ2) is 6.48. The third kappa shape index (κ3) is 3.34. The van der Waals surface area contributed by atoms with E-state index in [1.54, 1.807) is 0 Å². The lowest BCUT2D eigenvalue weighted by Crippen LogP contribution is -1.85. The lowest BCUT2D eigenvalue weighted by atomic mass is 10.0. The van der Waals surface area contributed by atoms with Gasteiger partial charge < -0.3 is 0 Å². The maximum absolute atomic E-state index is 4.29. The Kier molecular flexibility index (Phi) is 4.03. The van der Waals surface area contributed by atoms with Gasteiger partial charge in [-0.1, -0.05) is 72.0 Å². The first kappa shape index (κ1) is 13.1. The van der Waals surface area contributed by atoms with E-state index in [4.69, 9.17) is 0 Å². The van der Waals surface area contributed by atoms with Crippen molar-refractivity contribution in [1.82, 2.24) is 0 Å². The van der Waals surface area contributed by atoms with Crippen molar-refractivity contribution in [1.29, 1.82) is 0 Å². The lowest BCUT2D eigenvalue weighted by Gasteiger charge is -2.04. The first-order chi connectivity index (χ1) is 10.4. The zero-order valence-corrected chi connectivity index (χ0v) is 11.5. The molecule has 0 aromatic heterocycles. The van der Waals surface area contributed by atoms with Crippen LogP contribution in [-0.4, -0.2) is 0 Å². The van der Waals surface area contributed by atoms with Gasteiger partial charge in [0.1, 0.15) is 0 Å². The normalized spacial score (nSPS) is 10.7. The molecule has 3 aromatic carbocycles. The van der Waals surface area contributed by atoms with E-state index in [1.165, 1.54) is 0 Å². The monoisotopic (exact) mass is 273 g/mol. The van der Waals surface area contributed by atoms with E-state index >= 15 is 0 Å². The van der Waals surface area contributed by atoms with Gasteiger partial charge in [0.2, 0.25) is 0 Å². The van der Waals surface area contributed by atoms with Crippen LogP contribution >= 0.6 is 0 Å². The fourth-order valence-corrected chi connectivity index (χ4v) is 2.07. The summed E-state index contributed by atoms with van der Waals surface area (Å²) in [5, 5.41) is 8.36. The third-order valence-electron chi connectivity index (χ3n) is 3.10. The molecule has 0 radical (unpaired) electrons. The molecule has 0 aliphatic carbocycles. The van der Waals surface area contributed by atoms with Crippen molar-refractivity contribution in [3.05, 3.63) is 84.9 Å². The van der Waals surface area contributed by atoms with Crippen molar-refractivity contribution in [2.45, 2.75) is 0 Å². The summed E-state index contributed by atoms with van der Waals surface area (Å²) in [6, 6.07) is 27.9. The molecule has 1 N–H and O–H groups in total. The van der Waals surface area contributed by atoms with Gasteiger partial charge in [-0.15, -0.1) is 5.11 Å². The minimum Gasteiger partial charge on any atom is -0.260 e. The molecular formula is C18H15N3. The van der Waals surface area contributed by atoms with Crippen LogP contribution in [0.2, 0.25) is 0 Å². The molecule has 0 aliphatic heterocycles. The molecule has 0 aliphatic rings. The number of hydrogen-bond donors (Lipinski definition) is 1. The topological polar surface area (TPSA) is 36.8 Å². The molecule has 0 amide bonds. The predicted octanol–water partition coefficient (Wildman–Crippen LogP) is 5.46. The van der Waals surface area contributed by atoms with E-state index < -0.39 is 0 Å². The number of nitrogens with one attached hydrogen (secondary N) is 1. The van der Waals surface area contributed by atoms with Gasteiger partial charge in [0.05, 0.1) is 11.4 Å². The van der Waals surface area contributed by atoms with Crippen LogP contribution < -0.4 is 5.43 Å². The molecule has 3 aromatic rings. The summed E-state index contributed by atoms with van der Waals surface area (Å²) in [4.78, 5) is 0. The molecule has 0 fully saturated rings. The van der Waals surface area contributed by atoms with Crippen LogP contribution in [0, 0.1) is 0 Å². The molecular weight excluding hydrogens is 258 g/mol. The summed E-state index contributed by atoms with van der Waals surface area (Å²) in [5.74, 6) is 0. The maximum Gasteiger partial charge on any atom is 0.0952 e. The first-order valence-corrected chi connectivity index (χ1v) is 6.80. The van der Waals surface area contributed by atoms with Gasteiger partial charge in [0.25, 0.3) is 0 Å². The molecule has 0 saturated carbocycles. The minimum atomic E-state index is 0.840. The molecule has 0 unspecified atom stereocenters. The minimum absolute atomic E-state index is 0.840. The van der Waals surface area contributed by atoms with Crippen LogP contribution in [0.3, 0.4) is 0 Å². The van der Waals surface area contributed by atoms with Gasteiger partial charge in [-0.3, -0.25) is 5.43 Å². The summed E-state index contributed by atoms with van der Waals surface area (Å²) < 4.78 is 0. The van der Waals surface area contributed by atoms with Crippen LogP contribution in [-0.2, 0) is 0 Å². The van der Waals surface area contributed by atoms with Gasteiger partial charge in [-0.05, 0) is 23.8 Å². The van der Waals surface area contributed by atoms with Crippen molar-refractivity contribution in [3.8, 4) is 11.1 Å². The summed E-state index contributed by atoms with van der Waals surface area (Å²) >= 11 is 0. The number of para-hydroxylation sites is 1. The molecule has 102 valence electrons. The summed E-state index contributed by atoms with van der Waals surface area (Å²) in [6.45, 7) is 0. The Morgan fingerprint density at radius 3 is 2.00 bits per heavy atom. The van der Waals surface area contributed by atoms with Crippen molar-refractivity contribution < 1.29 is 0 Å². The largest absolute Gasteiger partial charge is 0.260 e. The second-order valence-electron chi connectivity index (χ2n) is 4.56. The average molecular weight is 273 g/mol. The third-order valence-corrected chi connectivity index (χ3v) is 3.10. The predicted molar refractivity (Wildman–Crippen MR) is 86.5 cm³/mol. The Morgan fingerprint density at radius 2 is 1.24 bits per heavy atom. The Balaban J connectivity index is 1.83. The van der Waals surface area contributed by atoms with Gasteiger partial charge in [0, 0.05) is 5.56 Å². The second-order valence-corrected chi connectivity index (χ2v) is 4.56. The van der Waals surface area contributed by atoms with Crippen LogP contribution in [0.4, 0.5) is 11.4 Å². The molecule has 0 saturated heterocycles. The molecule has 0 spiro atoms. The van der Waals surface area contributed by atoms with Crippen molar-refractivity contribution in [2.24, 2.45) is 10.3 Å². The van der Waals surface area contributed by atoms with Crippen LogP contribution in [0.5, 0.6) is 0 Å². The van der Waals surface area contributed by atoms with Crippen LogP contribution in [0.25, 0.3) is 11.1 Å². The van der Waals surface area contributed by atoms with E-state index in [0.29, 0.717) is 0 Å². The maximum atomic E-state index is 4.29. The van der Waals surface area contributed by atoms with Crippen LogP contribution in [0.15, 0.2) is 95.3 Å². The van der Waals surface area contributed by atoms with E-state index in [1.807, 2.05) is 72.8 Å². The average Bonchev–Trinajstić information content (AvgIpc) is 2.57. The zero-order chi connectivity index (χ0) is 14.3. The zero-order valence-electron chi connectivity index (χ0n) is 11.5. The number of benzene rings is 3. The smallest absolute Gasteiger partial charge is 0.0952 e. The molecule has 3 nitrogen and oxygen atoms in total. The fourth-order valence-electron chi connectivity index (χ4n) is 2.07. The standard InChI is InChI=1S/C18H15N3/c1-3-9-15(10-4-1)17-13-7-8-14-18(17)20-21-19-16-11-5-2-6-12-16/h1-14H,(H,19,20). The number of anilines is 1. The Bertz CT molecular complexity index is 722. The number of nitrogens with zero attached hydrogens (tertiary/aromatic N) is 2. The Labute approximate surface area is 124 Å².